The molecular weight excluding hydrogens is 1990 g/mol. The van der Waals surface area contributed by atoms with Gasteiger partial charge in [-0.1, -0.05) is 159 Å². The van der Waals surface area contributed by atoms with Gasteiger partial charge >= 0.3 is 7.12 Å². The van der Waals surface area contributed by atoms with Gasteiger partial charge in [-0.25, -0.2) is 58.6 Å². The highest BCUT2D eigenvalue weighted by atomic mass is 79.9. The summed E-state index contributed by atoms with van der Waals surface area (Å²) in [6.07, 6.45) is 18.8. The second kappa shape index (κ2) is 52.1. The van der Waals surface area contributed by atoms with Crippen molar-refractivity contribution < 1.29 is 47.3 Å². The molecule has 0 aliphatic carbocycles. The Balaban J connectivity index is 0.000000188. The summed E-state index contributed by atoms with van der Waals surface area (Å²) < 4.78 is 62.5. The molecule has 0 unspecified atom stereocenters. The van der Waals surface area contributed by atoms with Crippen molar-refractivity contribution in [3.63, 3.8) is 0 Å². The average molecular weight is 2100 g/mol. The SMILES string of the molecule is CC1(C)CC(O)CC(C)(C)N1.CC1(C)CC(OCc2ccc(Oc3cccc(-c4ccncn4)c3C#N)c(Cl)c2)CC(C)(C)N1.CC1(C)OB(c2cccc(F)c2C#N)OC1(C)C.Cc1ccc(O)c(Cl)c1.Cc1ccc(Oc2cccc(-c3ccncn3)c2C#N)c(Cl)c1.Cl.Clc1ccncn1.N#Cc1c(F)cccc1-c1ccncn1.N#Cc1c(Oc2ccc(CBr)cc2Cl)cccc1-c1ccncn1. The number of halogens is 9. The minimum absolute atomic E-state index is 0. The summed E-state index contributed by atoms with van der Waals surface area (Å²) in [6, 6.07) is 65.6. The van der Waals surface area contributed by atoms with Crippen molar-refractivity contribution in [2.45, 2.75) is 180 Å². The lowest BCUT2D eigenvalue weighted by Crippen LogP contribution is -2.59. The highest BCUT2D eigenvalue weighted by Gasteiger charge is 2.52. The van der Waals surface area contributed by atoms with Crippen LogP contribution in [0.4, 0.5) is 8.78 Å². The van der Waals surface area contributed by atoms with Crippen molar-refractivity contribution in [2.24, 2.45) is 0 Å². The van der Waals surface area contributed by atoms with E-state index in [0.717, 1.165) is 47.9 Å². The molecule has 0 saturated carbocycles. The molecule has 4 N–H and O–H groups in total. The number of nitrogens with one attached hydrogen (secondary N) is 2. The van der Waals surface area contributed by atoms with Gasteiger partial charge in [0, 0.05) is 86.2 Å². The Hall–Kier alpha value is -13.1. The number of piperidine rings is 2. The number of aryl methyl sites for hydroxylation is 2. The van der Waals surface area contributed by atoms with Crippen LogP contribution in [0.1, 0.15) is 159 Å². The standard InChI is InChI=1S/C27H29ClN4O2.C18H11BrClN3O.C18H12ClN3O.C13H15BFNO2.C11H6FN3.C9H19NO.C7H7ClO.C4H3ClN2.ClH/c1-26(2)13-19(14-27(3,4)32-26)33-16-18-8-9-25(22(28)12-18)34-24-7-5-6-20(21(24)15-29)23-10-11-30-17-31-23;19-9-12-4-5-18(15(20)8-12)24-17-3-1-2-13(14(17)10-21)16-6-7-22-11-23-16;1-12-5-6-18(15(19)9-12)23-17-4-2-3-13(14(17)10-20)16-7-8-21-11-22-16;1-12(2)13(3,4)18-14(17-12)10-6-5-7-11(15)9(10)8-16;12-10-3-1-2-8(9(10)6-13)11-4-5-14-7-15-11;1-8(2)5-7(11)6-9(3,4)10-8;1-5-2-3-7(9)6(8)4-5;5-4-1-2-6-3-7-4;/h5-12,17,19,32H,13-14,16H2,1-4H3;1-8,11H,9H2;2-9,11H,1H3;5-7H,1-4H3;1-5,7H;7,10-11H,5-6H2,1-4H3;2-4,9H,1H3;1-3H;1H. The molecule has 25 nitrogen and oxygen atoms in total. The lowest BCUT2D eigenvalue weighted by Gasteiger charge is -2.46. The first-order valence-corrected chi connectivity index (χ1v) is 47.1. The zero-order valence-corrected chi connectivity index (χ0v) is 86.4. The van der Waals surface area contributed by atoms with Gasteiger partial charge in [0.2, 0.25) is 0 Å². The number of hydrogen-bond donors (Lipinski definition) is 4. The van der Waals surface area contributed by atoms with E-state index in [1.807, 2.05) is 133 Å². The van der Waals surface area contributed by atoms with Gasteiger partial charge in [-0.05, 0) is 254 Å². The van der Waals surface area contributed by atoms with Crippen LogP contribution in [0.25, 0.3) is 45.0 Å². The van der Waals surface area contributed by atoms with Gasteiger partial charge < -0.3 is 49.1 Å². The van der Waals surface area contributed by atoms with Crippen LogP contribution in [0.15, 0.2) is 257 Å². The monoisotopic (exact) mass is 2090 g/mol. The van der Waals surface area contributed by atoms with Gasteiger partial charge in [-0.2, -0.15) is 26.3 Å². The van der Waals surface area contributed by atoms with E-state index in [9.17, 15) is 29.7 Å². The Morgan fingerprint density at radius 1 is 0.408 bits per heavy atom. The molecular formula is C107H103BBrCl6F2N17O8. The third-order valence-electron chi connectivity index (χ3n) is 22.0. The van der Waals surface area contributed by atoms with Crippen LogP contribution in [-0.2, 0) is 26.0 Å². The fourth-order valence-electron chi connectivity index (χ4n) is 15.5. The first-order chi connectivity index (χ1) is 67.1. The average Bonchev–Trinajstić information content (AvgIpc) is 1.62. The molecule has 9 aromatic carbocycles. The second-order valence-electron chi connectivity index (χ2n) is 36.0. The lowest BCUT2D eigenvalue weighted by molar-refractivity contribution is -0.0304. The number of aliphatic hydroxyl groups excluding tert-OH is 1. The number of nitriles is 5. The predicted molar refractivity (Wildman–Crippen MR) is 555 cm³/mol. The van der Waals surface area contributed by atoms with Crippen molar-refractivity contribution in [1.29, 1.82) is 26.3 Å². The van der Waals surface area contributed by atoms with Gasteiger partial charge in [0.05, 0.1) is 84.0 Å². The van der Waals surface area contributed by atoms with Crippen LogP contribution in [0.3, 0.4) is 0 Å². The van der Waals surface area contributed by atoms with E-state index < -0.39 is 30.0 Å². The molecule has 142 heavy (non-hydrogen) atoms. The molecule has 3 fully saturated rings. The van der Waals surface area contributed by atoms with E-state index in [1.54, 1.807) is 134 Å². The number of nitrogens with zero attached hydrogens (tertiary/aromatic N) is 15. The summed E-state index contributed by atoms with van der Waals surface area (Å²) in [7, 11) is -0.708. The third kappa shape index (κ3) is 32.5. The van der Waals surface area contributed by atoms with Gasteiger partial charge in [-0.15, -0.1) is 12.4 Å². The molecule has 5 aromatic heterocycles. The van der Waals surface area contributed by atoms with Crippen molar-refractivity contribution in [3.8, 4) is 116 Å². The minimum Gasteiger partial charge on any atom is -0.506 e. The molecule has 0 radical (unpaired) electrons. The smallest absolute Gasteiger partial charge is 0.496 e. The first kappa shape index (κ1) is 113. The largest absolute Gasteiger partial charge is 0.506 e. The summed E-state index contributed by atoms with van der Waals surface area (Å²) in [5.41, 5.74) is 10.0. The maximum absolute atomic E-state index is 13.6. The zero-order valence-electron chi connectivity index (χ0n) is 80.2. The van der Waals surface area contributed by atoms with Crippen LogP contribution in [0, 0.1) is 82.1 Å². The van der Waals surface area contributed by atoms with Crippen molar-refractivity contribution in [2.75, 3.05) is 0 Å². The Labute approximate surface area is 866 Å². The number of benzene rings is 9. The van der Waals surface area contributed by atoms with E-state index in [1.165, 1.54) is 43.8 Å². The third-order valence-corrected chi connectivity index (χ3v) is 24.0. The van der Waals surface area contributed by atoms with E-state index in [0.29, 0.717) is 139 Å². The minimum atomic E-state index is -0.708. The molecule has 3 aliphatic rings. The molecule has 17 rings (SSSR count). The molecule has 730 valence electrons. The van der Waals surface area contributed by atoms with Crippen LogP contribution in [0.2, 0.25) is 25.2 Å². The fraction of sp³-hybridized carbons (Fsp3) is 0.262. The number of alkyl halides is 1. The molecule has 3 aliphatic heterocycles. The van der Waals surface area contributed by atoms with Gasteiger partial charge in [0.25, 0.3) is 0 Å². The second-order valence-corrected chi connectivity index (χ2v) is 38.6. The maximum Gasteiger partial charge on any atom is 0.496 e. The summed E-state index contributed by atoms with van der Waals surface area (Å²) in [5.74, 6) is 1.83. The van der Waals surface area contributed by atoms with Crippen LogP contribution < -0.4 is 30.3 Å². The number of rotatable bonds is 15. The Kier molecular flexibility index (Phi) is 41.3. The van der Waals surface area contributed by atoms with E-state index >= 15 is 0 Å². The molecule has 0 atom stereocenters. The van der Waals surface area contributed by atoms with Crippen LogP contribution in [-0.4, -0.2) is 113 Å². The number of ether oxygens (including phenoxy) is 4. The van der Waals surface area contributed by atoms with Crippen molar-refractivity contribution >= 4 is 98.9 Å². The van der Waals surface area contributed by atoms with Crippen LogP contribution in [0.5, 0.6) is 40.2 Å². The molecule has 14 aromatic rings. The zero-order chi connectivity index (χ0) is 102. The number of aromatic nitrogens is 10. The number of aromatic hydroxyl groups is 1. The normalized spacial score (nSPS) is 14.5. The quantitative estimate of drug-likeness (QED) is 0.0421. The van der Waals surface area contributed by atoms with Gasteiger partial charge in [0.1, 0.15) is 136 Å². The van der Waals surface area contributed by atoms with E-state index in [-0.39, 0.29) is 63.6 Å². The number of phenolic OH excluding ortho intramolecular Hbond substituents is 1. The van der Waals surface area contributed by atoms with Crippen LogP contribution >= 0.6 is 86.3 Å². The molecule has 3 saturated heterocycles. The summed E-state index contributed by atoms with van der Waals surface area (Å²) in [5, 5.41) is 75.4. The first-order valence-electron chi connectivity index (χ1n) is 44.1. The lowest BCUT2D eigenvalue weighted by atomic mass is 9.76. The van der Waals surface area contributed by atoms with Gasteiger partial charge in [0.15, 0.2) is 0 Å². The van der Waals surface area contributed by atoms with E-state index in [2.05, 4.69) is 150 Å². The molecule has 0 spiro atoms. The summed E-state index contributed by atoms with van der Waals surface area (Å²) >= 11 is 33.4. The van der Waals surface area contributed by atoms with Crippen molar-refractivity contribution in [1.82, 2.24) is 60.5 Å². The highest BCUT2D eigenvalue weighted by Crippen LogP contribution is 2.42. The number of phenols is 1. The summed E-state index contributed by atoms with van der Waals surface area (Å²) in [4.78, 5) is 39.4. The Morgan fingerprint density at radius 3 is 1.08 bits per heavy atom. The van der Waals surface area contributed by atoms with Crippen molar-refractivity contribution in [3.05, 3.63) is 344 Å². The number of aliphatic hydroxyl groups is 1. The predicted octanol–water partition coefficient (Wildman–Crippen LogP) is 25.8. The highest BCUT2D eigenvalue weighted by molar-refractivity contribution is 9.08. The number of hydrogen-bond acceptors (Lipinski definition) is 25. The maximum atomic E-state index is 13.6. The van der Waals surface area contributed by atoms with Gasteiger partial charge in [-0.3, -0.25) is 0 Å². The van der Waals surface area contributed by atoms with E-state index in [4.69, 9.17) is 102 Å². The molecule has 0 bridgehead atoms. The molecule has 35 heteroatoms. The molecule has 0 amide bonds. The fourth-order valence-corrected chi connectivity index (χ4v) is 16.9. The Morgan fingerprint density at radius 2 is 0.746 bits per heavy atom. The summed E-state index contributed by atoms with van der Waals surface area (Å²) in [6.45, 7) is 29.4. The molecule has 8 heterocycles. The topological polar surface area (TPSA) is 368 Å². The Bertz CT molecular complexity index is 6790.